The topological polar surface area (TPSA) is 102 Å². The number of aliphatic hydroxyl groups is 1. The van der Waals surface area contributed by atoms with Crippen molar-refractivity contribution in [3.63, 3.8) is 0 Å². The van der Waals surface area contributed by atoms with Crippen LogP contribution >= 0.6 is 0 Å². The number of hydrogen-bond donors (Lipinski definition) is 2. The van der Waals surface area contributed by atoms with E-state index in [1.54, 1.807) is 18.3 Å². The molecule has 0 aliphatic carbocycles. The van der Waals surface area contributed by atoms with Crippen LogP contribution in [0.2, 0.25) is 0 Å². The molecule has 0 atom stereocenters. The highest BCUT2D eigenvalue weighted by atomic mass is 19.1. The molecule has 9 nitrogen and oxygen atoms in total. The highest BCUT2D eigenvalue weighted by Gasteiger charge is 2.20. The van der Waals surface area contributed by atoms with Gasteiger partial charge < -0.3 is 29.5 Å². The van der Waals surface area contributed by atoms with Crippen LogP contribution in [0, 0.1) is 11.6 Å². The van der Waals surface area contributed by atoms with E-state index in [9.17, 15) is 8.78 Å². The van der Waals surface area contributed by atoms with E-state index < -0.39 is 18.2 Å². The monoisotopic (exact) mass is 447 g/mol. The Morgan fingerprint density at radius 3 is 2.19 bits per heavy atom. The van der Waals surface area contributed by atoms with Gasteiger partial charge in [0.15, 0.2) is 28.9 Å². The zero-order valence-electron chi connectivity index (χ0n) is 17.8. The molecule has 170 valence electrons. The van der Waals surface area contributed by atoms with Gasteiger partial charge in [-0.15, -0.1) is 0 Å². The second kappa shape index (κ2) is 10.5. The van der Waals surface area contributed by atoms with Gasteiger partial charge in [0, 0.05) is 19.7 Å². The number of pyridine rings is 1. The van der Waals surface area contributed by atoms with Gasteiger partial charge in [-0.25, -0.2) is 23.7 Å². The van der Waals surface area contributed by atoms with Crippen molar-refractivity contribution in [3.8, 4) is 17.2 Å². The maximum Gasteiger partial charge on any atom is 0.227 e. The number of aliphatic hydroxyl groups excluding tert-OH is 1. The largest absolute Gasteiger partial charge is 0.494 e. The van der Waals surface area contributed by atoms with E-state index in [4.69, 9.17) is 19.3 Å². The molecule has 3 aromatic rings. The van der Waals surface area contributed by atoms with Gasteiger partial charge in [-0.1, -0.05) is 0 Å². The average Bonchev–Trinajstić information content (AvgIpc) is 2.81. The highest BCUT2D eigenvalue weighted by molar-refractivity contribution is 5.54. The fourth-order valence-corrected chi connectivity index (χ4v) is 2.75. The number of likely N-dealkylation sites (N-methyl/N-ethyl adjacent to an activating group) is 1. The molecule has 3 rings (SSSR count). The van der Waals surface area contributed by atoms with Crippen molar-refractivity contribution in [1.29, 1.82) is 0 Å². The lowest BCUT2D eigenvalue weighted by Crippen LogP contribution is -2.22. The minimum atomic E-state index is -0.870. The van der Waals surface area contributed by atoms with Crippen molar-refractivity contribution < 1.29 is 28.1 Å². The Bertz CT molecular complexity index is 1010. The number of benzene rings is 1. The molecule has 0 aliphatic heterocycles. The minimum absolute atomic E-state index is 0.0328. The lowest BCUT2D eigenvalue weighted by atomic mass is 10.1. The van der Waals surface area contributed by atoms with Crippen LogP contribution in [0.5, 0.6) is 17.2 Å². The number of halogens is 2. The van der Waals surface area contributed by atoms with Gasteiger partial charge in [0.05, 0.1) is 50.7 Å². The summed E-state index contributed by atoms with van der Waals surface area (Å²) in [6.45, 7) is 0.0971. The zero-order valence-corrected chi connectivity index (χ0v) is 17.8. The molecule has 32 heavy (non-hydrogen) atoms. The van der Waals surface area contributed by atoms with Crippen molar-refractivity contribution in [1.82, 2.24) is 15.0 Å². The molecule has 2 N–H and O–H groups in total. The second-order valence-corrected chi connectivity index (χ2v) is 6.59. The van der Waals surface area contributed by atoms with E-state index in [0.29, 0.717) is 18.1 Å². The summed E-state index contributed by atoms with van der Waals surface area (Å²) in [7, 11) is 4.37. The zero-order chi connectivity index (χ0) is 23.1. The van der Waals surface area contributed by atoms with Crippen LogP contribution in [-0.2, 0) is 6.61 Å². The fraction of sp³-hybridized carbons (Fsp3) is 0.286. The first-order chi connectivity index (χ1) is 15.5. The smallest absolute Gasteiger partial charge is 0.227 e. The van der Waals surface area contributed by atoms with Crippen LogP contribution in [0.15, 0.2) is 36.8 Å². The van der Waals surface area contributed by atoms with E-state index >= 15 is 0 Å². The molecule has 0 aliphatic rings. The van der Waals surface area contributed by atoms with Gasteiger partial charge in [0.25, 0.3) is 0 Å². The summed E-state index contributed by atoms with van der Waals surface area (Å²) >= 11 is 0. The molecule has 0 saturated heterocycles. The molecule has 0 amide bonds. The van der Waals surface area contributed by atoms with Gasteiger partial charge in [-0.05, 0) is 12.1 Å². The van der Waals surface area contributed by atoms with Crippen LogP contribution in [0.25, 0.3) is 0 Å². The summed E-state index contributed by atoms with van der Waals surface area (Å²) in [5.74, 6) is -0.829. The Kier molecular flexibility index (Phi) is 7.55. The molecule has 0 saturated carbocycles. The Balaban J connectivity index is 1.65. The summed E-state index contributed by atoms with van der Waals surface area (Å²) in [5.41, 5.74) is 0.327. The molecule has 2 heterocycles. The van der Waals surface area contributed by atoms with Crippen molar-refractivity contribution in [2.45, 2.75) is 6.61 Å². The summed E-state index contributed by atoms with van der Waals surface area (Å²) in [6.07, 6.45) is 4.36. The predicted molar refractivity (Wildman–Crippen MR) is 114 cm³/mol. The van der Waals surface area contributed by atoms with Gasteiger partial charge in [0.1, 0.15) is 12.4 Å². The molecule has 0 unspecified atom stereocenters. The SMILES string of the molecule is COc1cc(OC)c(F)c(COc2cnc(Nc3ccc(N(C)CCO)nc3)nc2)c1F. The van der Waals surface area contributed by atoms with E-state index in [0.717, 1.165) is 6.07 Å². The first kappa shape index (κ1) is 22.9. The number of aromatic nitrogens is 3. The molecule has 2 aromatic heterocycles. The maximum atomic E-state index is 14.4. The van der Waals surface area contributed by atoms with Crippen molar-refractivity contribution in [2.24, 2.45) is 0 Å². The molecular formula is C21H23F2N5O4. The Labute approximate surface area is 183 Å². The number of nitrogens with zero attached hydrogens (tertiary/aromatic N) is 4. The first-order valence-corrected chi connectivity index (χ1v) is 9.55. The number of ether oxygens (including phenoxy) is 3. The fourth-order valence-electron chi connectivity index (χ4n) is 2.75. The standard InChI is InChI=1S/C21H23F2N5O4/c1-28(6-7-29)18-5-4-13(9-24-18)27-21-25-10-14(11-26-21)32-12-15-19(22)16(30-2)8-17(31-3)20(15)23/h4-5,8-11,29H,6-7,12H2,1-3H3,(H,25,26,27). The van der Waals surface area contributed by atoms with Crippen molar-refractivity contribution in [3.05, 3.63) is 54.0 Å². The van der Waals surface area contributed by atoms with E-state index in [1.165, 1.54) is 26.6 Å². The lowest BCUT2D eigenvalue weighted by molar-refractivity contribution is 0.280. The van der Waals surface area contributed by atoms with Crippen molar-refractivity contribution >= 4 is 17.5 Å². The third kappa shape index (κ3) is 5.30. The molecule has 0 radical (unpaired) electrons. The van der Waals surface area contributed by atoms with E-state index in [1.807, 2.05) is 11.9 Å². The van der Waals surface area contributed by atoms with Crippen LogP contribution in [0.4, 0.5) is 26.2 Å². The summed E-state index contributed by atoms with van der Waals surface area (Å²) in [4.78, 5) is 14.4. The lowest BCUT2D eigenvalue weighted by Gasteiger charge is -2.16. The average molecular weight is 447 g/mol. The quantitative estimate of drug-likeness (QED) is 0.486. The van der Waals surface area contributed by atoms with Crippen LogP contribution < -0.4 is 24.4 Å². The van der Waals surface area contributed by atoms with Gasteiger partial charge in [0.2, 0.25) is 5.95 Å². The van der Waals surface area contributed by atoms with Crippen molar-refractivity contribution in [2.75, 3.05) is 44.6 Å². The maximum absolute atomic E-state index is 14.4. The first-order valence-electron chi connectivity index (χ1n) is 9.55. The number of rotatable bonds is 10. The second-order valence-electron chi connectivity index (χ2n) is 6.59. The molecule has 0 bridgehead atoms. The molecule has 1 aromatic carbocycles. The van der Waals surface area contributed by atoms with Crippen LogP contribution in [-0.4, -0.2) is 54.5 Å². The van der Waals surface area contributed by atoms with E-state index in [2.05, 4.69) is 20.3 Å². The van der Waals surface area contributed by atoms with Crippen LogP contribution in [0.3, 0.4) is 0 Å². The summed E-state index contributed by atoms with van der Waals surface area (Å²) in [6, 6.07) is 4.72. The Morgan fingerprint density at radius 1 is 1.00 bits per heavy atom. The number of methoxy groups -OCH3 is 2. The predicted octanol–water partition coefficient (Wildman–Crippen LogP) is 2.92. The summed E-state index contributed by atoms with van der Waals surface area (Å²) in [5, 5.41) is 12.0. The summed E-state index contributed by atoms with van der Waals surface area (Å²) < 4.78 is 44.1. The third-order valence-electron chi connectivity index (χ3n) is 4.51. The molecule has 0 fully saturated rings. The Morgan fingerprint density at radius 2 is 1.66 bits per heavy atom. The van der Waals surface area contributed by atoms with Gasteiger partial charge >= 0.3 is 0 Å². The number of nitrogens with one attached hydrogen (secondary N) is 1. The highest BCUT2D eigenvalue weighted by Crippen LogP contribution is 2.32. The minimum Gasteiger partial charge on any atom is -0.494 e. The Hall–Kier alpha value is -3.73. The van der Waals surface area contributed by atoms with Gasteiger partial charge in [-0.2, -0.15) is 0 Å². The molecule has 0 spiro atoms. The van der Waals surface area contributed by atoms with Gasteiger partial charge in [-0.3, -0.25) is 0 Å². The molecule has 11 heteroatoms. The third-order valence-corrected chi connectivity index (χ3v) is 4.51. The van der Waals surface area contributed by atoms with E-state index in [-0.39, 0.29) is 35.4 Å². The van der Waals surface area contributed by atoms with Crippen LogP contribution in [0.1, 0.15) is 5.56 Å². The number of anilines is 3. The molecular weight excluding hydrogens is 424 g/mol. The normalized spacial score (nSPS) is 10.6. The number of hydrogen-bond acceptors (Lipinski definition) is 9.